The summed E-state index contributed by atoms with van der Waals surface area (Å²) in [5, 5.41) is 0. The van der Waals surface area contributed by atoms with E-state index in [-0.39, 0.29) is 22.8 Å². The average Bonchev–Trinajstić information content (AvgIpc) is 2.61. The Kier molecular flexibility index (Phi) is 4.54. The molecule has 0 aliphatic carbocycles. The van der Waals surface area contributed by atoms with Gasteiger partial charge in [0.15, 0.2) is 5.82 Å². The molecule has 9 heteroatoms. The molecule has 134 valence electrons. The van der Waals surface area contributed by atoms with Crippen molar-refractivity contribution < 1.29 is 17.6 Å². The Morgan fingerprint density at radius 3 is 2.35 bits per heavy atom. The molecule has 5 nitrogen and oxygen atoms in total. The molecule has 3 aromatic heterocycles. The van der Waals surface area contributed by atoms with E-state index in [4.69, 9.17) is 5.73 Å². The maximum absolute atomic E-state index is 14.2. The Labute approximate surface area is 146 Å². The number of nitrogen functional groups attached to an aromatic ring is 1. The maximum Gasteiger partial charge on any atom is 0.397 e. The second kappa shape index (κ2) is 6.66. The summed E-state index contributed by atoms with van der Waals surface area (Å²) in [7, 11) is 0. The van der Waals surface area contributed by atoms with Crippen molar-refractivity contribution in [2.24, 2.45) is 0 Å². The molecule has 0 saturated carbocycles. The van der Waals surface area contributed by atoms with Gasteiger partial charge >= 0.3 is 6.18 Å². The van der Waals surface area contributed by atoms with E-state index in [1.807, 2.05) is 0 Å². The molecule has 0 radical (unpaired) electrons. The van der Waals surface area contributed by atoms with Crippen molar-refractivity contribution in [3.05, 3.63) is 54.5 Å². The van der Waals surface area contributed by atoms with E-state index in [0.29, 0.717) is 5.56 Å². The van der Waals surface area contributed by atoms with Crippen molar-refractivity contribution in [3.8, 4) is 22.5 Å². The lowest BCUT2D eigenvalue weighted by Gasteiger charge is -2.19. The fraction of sp³-hybridized carbons (Fsp3) is 0.176. The zero-order chi connectivity index (χ0) is 18.9. The Morgan fingerprint density at radius 2 is 1.73 bits per heavy atom. The first-order valence-corrected chi connectivity index (χ1v) is 7.53. The molecule has 0 bridgehead atoms. The second-order valence-corrected chi connectivity index (χ2v) is 5.55. The maximum atomic E-state index is 14.2. The molecule has 3 heterocycles. The van der Waals surface area contributed by atoms with E-state index in [0.717, 1.165) is 13.1 Å². The molecular weight excluding hydrogens is 350 g/mol. The minimum Gasteiger partial charge on any atom is -0.382 e. The number of rotatable bonds is 3. The number of halogens is 4. The van der Waals surface area contributed by atoms with Crippen molar-refractivity contribution in [2.75, 3.05) is 5.73 Å². The Morgan fingerprint density at radius 1 is 1.00 bits per heavy atom. The number of anilines is 1. The van der Waals surface area contributed by atoms with Crippen LogP contribution < -0.4 is 5.73 Å². The van der Waals surface area contributed by atoms with Gasteiger partial charge in [0.25, 0.3) is 0 Å². The van der Waals surface area contributed by atoms with E-state index in [2.05, 4.69) is 19.9 Å². The third kappa shape index (κ3) is 3.32. The number of alkyl halides is 3. The largest absolute Gasteiger partial charge is 0.397 e. The van der Waals surface area contributed by atoms with E-state index < -0.39 is 23.6 Å². The van der Waals surface area contributed by atoms with Gasteiger partial charge in [-0.05, 0) is 25.1 Å². The van der Waals surface area contributed by atoms with Gasteiger partial charge in [-0.3, -0.25) is 9.97 Å². The minimum absolute atomic E-state index is 0.0259. The van der Waals surface area contributed by atoms with Crippen molar-refractivity contribution in [1.29, 1.82) is 0 Å². The summed E-state index contributed by atoms with van der Waals surface area (Å²) in [5.74, 6) is -3.06. The minimum atomic E-state index is -4.56. The lowest BCUT2D eigenvalue weighted by atomic mass is 10.0. The van der Waals surface area contributed by atoms with Crippen LogP contribution in [-0.2, 0) is 0 Å². The molecule has 0 spiro atoms. The van der Waals surface area contributed by atoms with Crippen LogP contribution in [0.1, 0.15) is 18.5 Å². The summed E-state index contributed by atoms with van der Waals surface area (Å²) in [5.41, 5.74) is 5.78. The van der Waals surface area contributed by atoms with Gasteiger partial charge in [-0.2, -0.15) is 13.2 Å². The van der Waals surface area contributed by atoms with E-state index in [1.165, 1.54) is 24.7 Å². The third-order valence-corrected chi connectivity index (χ3v) is 3.81. The Balaban J connectivity index is 2.29. The summed E-state index contributed by atoms with van der Waals surface area (Å²) in [6.07, 6.45) is 0.669. The van der Waals surface area contributed by atoms with Gasteiger partial charge < -0.3 is 5.73 Å². The summed E-state index contributed by atoms with van der Waals surface area (Å²) in [6, 6.07) is 4.56. The van der Waals surface area contributed by atoms with Gasteiger partial charge in [0.2, 0.25) is 0 Å². The first-order chi connectivity index (χ1) is 12.3. The van der Waals surface area contributed by atoms with E-state index >= 15 is 0 Å². The van der Waals surface area contributed by atoms with Crippen LogP contribution in [0.2, 0.25) is 0 Å². The fourth-order valence-electron chi connectivity index (χ4n) is 2.39. The van der Waals surface area contributed by atoms with Crippen molar-refractivity contribution in [3.63, 3.8) is 0 Å². The predicted molar refractivity (Wildman–Crippen MR) is 87.3 cm³/mol. The summed E-state index contributed by atoms with van der Waals surface area (Å²) in [4.78, 5) is 15.7. The normalized spacial score (nSPS) is 12.8. The van der Waals surface area contributed by atoms with Crippen LogP contribution >= 0.6 is 0 Å². The first-order valence-electron chi connectivity index (χ1n) is 7.53. The zero-order valence-electron chi connectivity index (χ0n) is 13.5. The van der Waals surface area contributed by atoms with Gasteiger partial charge in [-0.25, -0.2) is 14.4 Å². The smallest absolute Gasteiger partial charge is 0.382 e. The van der Waals surface area contributed by atoms with Crippen molar-refractivity contribution in [2.45, 2.75) is 19.0 Å². The van der Waals surface area contributed by atoms with Crippen molar-refractivity contribution >= 4 is 5.82 Å². The molecule has 1 atom stereocenters. The van der Waals surface area contributed by atoms with Crippen molar-refractivity contribution in [1.82, 2.24) is 19.9 Å². The standard InChI is InChI=1S/C17H13F4N5/c1-9(17(19,20)21)13-16(22)26-14(10-3-2-5-23-7-10)15(25-13)11-4-6-24-8-12(11)18/h2-9H,1H3,(H2,22,26)/t9-/m0/s1. The van der Waals surface area contributed by atoms with Crippen LogP contribution in [-0.4, -0.2) is 26.1 Å². The molecule has 0 saturated heterocycles. The predicted octanol–water partition coefficient (Wildman–Crippen LogP) is 3.99. The van der Waals surface area contributed by atoms with Gasteiger partial charge in [-0.1, -0.05) is 0 Å². The van der Waals surface area contributed by atoms with Crippen LogP contribution in [0.15, 0.2) is 43.0 Å². The molecule has 0 amide bonds. The second-order valence-electron chi connectivity index (χ2n) is 5.55. The number of hydrogen-bond acceptors (Lipinski definition) is 5. The molecule has 26 heavy (non-hydrogen) atoms. The highest BCUT2D eigenvalue weighted by atomic mass is 19.4. The SMILES string of the molecule is C[C@@H](c1nc(-c2ccncc2F)c(-c2cccnc2)nc1N)C(F)(F)F. The van der Waals surface area contributed by atoms with Crippen LogP contribution in [0.5, 0.6) is 0 Å². The molecule has 2 N–H and O–H groups in total. The van der Waals surface area contributed by atoms with Gasteiger partial charge in [0.05, 0.1) is 17.8 Å². The number of nitrogens with two attached hydrogens (primary N) is 1. The molecular formula is C17H13F4N5. The number of pyridine rings is 2. The quantitative estimate of drug-likeness (QED) is 0.712. The van der Waals surface area contributed by atoms with Crippen LogP contribution in [0.3, 0.4) is 0 Å². The first kappa shape index (κ1) is 17.7. The lowest BCUT2D eigenvalue weighted by molar-refractivity contribution is -0.146. The Bertz CT molecular complexity index is 928. The molecule has 3 aromatic rings. The Hall–Kier alpha value is -3.10. The topological polar surface area (TPSA) is 77.6 Å². The lowest BCUT2D eigenvalue weighted by Crippen LogP contribution is -2.21. The average molecular weight is 363 g/mol. The summed E-state index contributed by atoms with van der Waals surface area (Å²) >= 11 is 0. The summed E-state index contributed by atoms with van der Waals surface area (Å²) < 4.78 is 53.6. The van der Waals surface area contributed by atoms with Crippen LogP contribution in [0.25, 0.3) is 22.5 Å². The molecule has 0 aliphatic heterocycles. The summed E-state index contributed by atoms with van der Waals surface area (Å²) in [6.45, 7) is 0.927. The van der Waals surface area contributed by atoms with E-state index in [9.17, 15) is 17.6 Å². The highest BCUT2D eigenvalue weighted by Gasteiger charge is 2.40. The third-order valence-electron chi connectivity index (χ3n) is 3.81. The van der Waals surface area contributed by atoms with Crippen LogP contribution in [0, 0.1) is 5.82 Å². The highest BCUT2D eigenvalue weighted by Crippen LogP contribution is 2.38. The molecule has 0 fully saturated rings. The molecule has 0 aromatic carbocycles. The number of nitrogens with zero attached hydrogens (tertiary/aromatic N) is 4. The molecule has 3 rings (SSSR count). The van der Waals surface area contributed by atoms with Gasteiger partial charge in [-0.15, -0.1) is 0 Å². The van der Waals surface area contributed by atoms with Gasteiger partial charge in [0, 0.05) is 29.7 Å². The molecule has 0 aliphatic rings. The highest BCUT2D eigenvalue weighted by molar-refractivity contribution is 5.79. The monoisotopic (exact) mass is 363 g/mol. The fourth-order valence-corrected chi connectivity index (χ4v) is 2.39. The number of aromatic nitrogens is 4. The van der Waals surface area contributed by atoms with Crippen LogP contribution in [0.4, 0.5) is 23.4 Å². The zero-order valence-corrected chi connectivity index (χ0v) is 13.5. The number of hydrogen-bond donors (Lipinski definition) is 1. The van der Waals surface area contributed by atoms with E-state index in [1.54, 1.807) is 12.1 Å². The molecule has 0 unspecified atom stereocenters. The van der Waals surface area contributed by atoms with Gasteiger partial charge in [0.1, 0.15) is 17.2 Å².